The van der Waals surface area contributed by atoms with Crippen molar-refractivity contribution in [2.75, 3.05) is 0 Å². The fourth-order valence-electron chi connectivity index (χ4n) is 4.46. The number of benzene rings is 1. The number of aryl methyl sites for hydroxylation is 1. The van der Waals surface area contributed by atoms with E-state index in [1.807, 2.05) is 26.8 Å². The summed E-state index contributed by atoms with van der Waals surface area (Å²) in [6.07, 6.45) is 9.85. The van der Waals surface area contributed by atoms with Crippen LogP contribution in [0.15, 0.2) is 18.2 Å². The minimum absolute atomic E-state index is 0.185. The second kappa shape index (κ2) is 10.2. The summed E-state index contributed by atoms with van der Waals surface area (Å²) in [4.78, 5) is 11.5. The highest BCUT2D eigenvalue weighted by atomic mass is 28.4. The van der Waals surface area contributed by atoms with E-state index in [0.29, 0.717) is 0 Å². The van der Waals surface area contributed by atoms with Gasteiger partial charge < -0.3 is 4.43 Å². The number of hydrogen-bond acceptors (Lipinski definition) is 3. The second-order valence-corrected chi connectivity index (χ2v) is 16.9. The Bertz CT molecular complexity index is 740. The summed E-state index contributed by atoms with van der Waals surface area (Å²) in [6.45, 7) is 17.7. The van der Waals surface area contributed by atoms with Gasteiger partial charge in [-0.2, -0.15) is 0 Å². The van der Waals surface area contributed by atoms with Crippen LogP contribution in [0.1, 0.15) is 97.6 Å². The molecule has 1 aromatic rings. The molecule has 0 heterocycles. The predicted octanol–water partition coefficient (Wildman–Crippen LogP) is 8.19. The number of rotatable bonds is 8. The molecule has 1 aliphatic rings. The highest BCUT2D eigenvalue weighted by Gasteiger charge is 2.39. The van der Waals surface area contributed by atoms with Crippen LogP contribution in [0.25, 0.3) is 0 Å². The number of hydrogen-bond donors (Lipinski definition) is 0. The van der Waals surface area contributed by atoms with E-state index in [1.54, 1.807) is 6.07 Å². The Hall–Kier alpha value is -1.20. The molecule has 0 bridgehead atoms. The molecule has 2 rings (SSSR count). The molecular weight excluding hydrogens is 402 g/mol. The summed E-state index contributed by atoms with van der Waals surface area (Å²) in [5.41, 5.74) is 1.86. The van der Waals surface area contributed by atoms with Gasteiger partial charge in [0.25, 0.3) is 5.69 Å². The summed E-state index contributed by atoms with van der Waals surface area (Å²) < 4.78 is 6.89. The highest BCUT2D eigenvalue weighted by molar-refractivity contribution is 6.74. The first-order chi connectivity index (χ1) is 14.2. The monoisotopic (exact) mass is 447 g/mol. The summed E-state index contributed by atoms with van der Waals surface area (Å²) in [5.74, 6) is 0.765. The Labute approximate surface area is 191 Å². The van der Waals surface area contributed by atoms with Crippen LogP contribution >= 0.6 is 0 Å². The van der Waals surface area contributed by atoms with Crippen molar-refractivity contribution in [3.05, 3.63) is 39.4 Å². The van der Waals surface area contributed by atoms with Gasteiger partial charge in [-0.3, -0.25) is 10.1 Å². The Kier molecular flexibility index (Phi) is 8.54. The van der Waals surface area contributed by atoms with Gasteiger partial charge in [-0.1, -0.05) is 85.8 Å². The lowest BCUT2D eigenvalue weighted by Gasteiger charge is -2.40. The third-order valence-corrected chi connectivity index (χ3v) is 11.9. The molecule has 1 aromatic carbocycles. The third kappa shape index (κ3) is 7.42. The van der Waals surface area contributed by atoms with E-state index in [0.717, 1.165) is 36.3 Å². The summed E-state index contributed by atoms with van der Waals surface area (Å²) in [7, 11) is -1.86. The zero-order chi connectivity index (χ0) is 23.4. The van der Waals surface area contributed by atoms with Crippen LogP contribution in [0, 0.1) is 16.0 Å². The summed E-state index contributed by atoms with van der Waals surface area (Å²) in [5, 5.41) is 11.9. The maximum atomic E-state index is 11.7. The molecule has 0 aromatic heterocycles. The Morgan fingerprint density at radius 2 is 1.71 bits per heavy atom. The fraction of sp³-hybridized carbons (Fsp3) is 0.769. The molecule has 0 N–H and O–H groups in total. The van der Waals surface area contributed by atoms with Crippen molar-refractivity contribution in [1.29, 1.82) is 0 Å². The molecule has 1 unspecified atom stereocenters. The van der Waals surface area contributed by atoms with Gasteiger partial charge in [-0.15, -0.1) is 0 Å². The molecular formula is C26H45NO3Si. The van der Waals surface area contributed by atoms with Crippen molar-refractivity contribution >= 4 is 14.0 Å². The van der Waals surface area contributed by atoms with Crippen molar-refractivity contribution < 1.29 is 9.35 Å². The molecule has 1 fully saturated rings. The van der Waals surface area contributed by atoms with Crippen molar-refractivity contribution in [1.82, 2.24) is 0 Å². The molecule has 176 valence electrons. The highest BCUT2D eigenvalue weighted by Crippen LogP contribution is 2.40. The second-order valence-electron chi connectivity index (χ2n) is 12.1. The molecule has 0 radical (unpaired) electrons. The summed E-state index contributed by atoms with van der Waals surface area (Å²) in [6, 6.07) is 5.83. The zero-order valence-corrected chi connectivity index (χ0v) is 22.2. The van der Waals surface area contributed by atoms with E-state index in [-0.39, 0.29) is 27.2 Å². The first kappa shape index (κ1) is 26.1. The van der Waals surface area contributed by atoms with Crippen LogP contribution in [0.4, 0.5) is 5.69 Å². The maximum Gasteiger partial charge on any atom is 0.273 e. The molecule has 1 saturated carbocycles. The quantitative estimate of drug-likeness (QED) is 0.229. The minimum atomic E-state index is -1.86. The first-order valence-electron chi connectivity index (χ1n) is 12.2. The lowest BCUT2D eigenvalue weighted by atomic mass is 9.83. The van der Waals surface area contributed by atoms with E-state index < -0.39 is 8.32 Å². The smallest absolute Gasteiger partial charge is 0.273 e. The van der Waals surface area contributed by atoms with Crippen LogP contribution in [0.2, 0.25) is 18.1 Å². The standard InChI is InChI=1S/C26H45NO3Si/c1-25(2,3)23-17-15-21(19-24(23)27(28)29)14-16-22(18-20-12-10-9-11-13-20)30-31(7,8)26(4,5)6/h15,17,19-20,22H,9-14,16,18H2,1-8H3. The van der Waals surface area contributed by atoms with E-state index in [4.69, 9.17) is 4.43 Å². The average molecular weight is 448 g/mol. The van der Waals surface area contributed by atoms with Crippen molar-refractivity contribution in [3.63, 3.8) is 0 Å². The molecule has 4 nitrogen and oxygen atoms in total. The predicted molar refractivity (Wildman–Crippen MR) is 133 cm³/mol. The van der Waals surface area contributed by atoms with Crippen LogP contribution < -0.4 is 0 Å². The number of nitro benzene ring substituents is 1. The van der Waals surface area contributed by atoms with Crippen molar-refractivity contribution in [2.45, 2.75) is 123 Å². The Morgan fingerprint density at radius 1 is 1.10 bits per heavy atom. The summed E-state index contributed by atoms with van der Waals surface area (Å²) >= 11 is 0. The van der Waals surface area contributed by atoms with E-state index in [9.17, 15) is 10.1 Å². The molecule has 0 amide bonds. The van der Waals surface area contributed by atoms with E-state index in [2.05, 4.69) is 39.9 Å². The SMILES string of the molecule is CC(C)(C)c1ccc(CCC(CC2CCCCC2)O[Si](C)(C)C(C)(C)C)cc1[N+](=O)[O-]. The largest absolute Gasteiger partial charge is 0.414 e. The number of nitro groups is 1. The molecule has 0 spiro atoms. The van der Waals surface area contributed by atoms with Gasteiger partial charge in [0.2, 0.25) is 0 Å². The Morgan fingerprint density at radius 3 is 2.23 bits per heavy atom. The van der Waals surface area contributed by atoms with E-state index in [1.165, 1.54) is 32.1 Å². The van der Waals surface area contributed by atoms with Crippen LogP contribution in [0.5, 0.6) is 0 Å². The van der Waals surface area contributed by atoms with Gasteiger partial charge in [0, 0.05) is 17.7 Å². The Balaban J connectivity index is 2.18. The normalized spacial score (nSPS) is 17.5. The third-order valence-electron chi connectivity index (χ3n) is 7.41. The topological polar surface area (TPSA) is 52.4 Å². The van der Waals surface area contributed by atoms with Gasteiger partial charge in [0.1, 0.15) is 0 Å². The lowest BCUT2D eigenvalue weighted by Crippen LogP contribution is -2.44. The molecule has 0 saturated heterocycles. The van der Waals surface area contributed by atoms with Gasteiger partial charge in [0.15, 0.2) is 8.32 Å². The van der Waals surface area contributed by atoms with Crippen LogP contribution in [-0.4, -0.2) is 19.3 Å². The number of nitrogens with zero attached hydrogens (tertiary/aromatic N) is 1. The van der Waals surface area contributed by atoms with Gasteiger partial charge in [-0.25, -0.2) is 0 Å². The van der Waals surface area contributed by atoms with Gasteiger partial charge in [0.05, 0.1) is 4.92 Å². The zero-order valence-electron chi connectivity index (χ0n) is 21.2. The van der Waals surface area contributed by atoms with Gasteiger partial charge >= 0.3 is 0 Å². The van der Waals surface area contributed by atoms with Crippen molar-refractivity contribution in [3.8, 4) is 0 Å². The molecule has 1 atom stereocenters. The molecule has 5 heteroatoms. The van der Waals surface area contributed by atoms with Gasteiger partial charge in [-0.05, 0) is 54.3 Å². The first-order valence-corrected chi connectivity index (χ1v) is 15.1. The maximum absolute atomic E-state index is 11.7. The minimum Gasteiger partial charge on any atom is -0.414 e. The molecule has 1 aliphatic carbocycles. The van der Waals surface area contributed by atoms with Crippen LogP contribution in [-0.2, 0) is 16.3 Å². The lowest BCUT2D eigenvalue weighted by molar-refractivity contribution is -0.386. The van der Waals surface area contributed by atoms with E-state index >= 15 is 0 Å². The van der Waals surface area contributed by atoms with Crippen LogP contribution in [0.3, 0.4) is 0 Å². The fourth-order valence-corrected chi connectivity index (χ4v) is 5.86. The van der Waals surface area contributed by atoms with Crippen molar-refractivity contribution in [2.24, 2.45) is 5.92 Å². The molecule has 0 aliphatic heterocycles. The average Bonchev–Trinajstić information content (AvgIpc) is 2.64. The molecule has 31 heavy (non-hydrogen) atoms.